The van der Waals surface area contributed by atoms with Gasteiger partial charge in [-0.25, -0.2) is 0 Å². The number of carbonyl (C=O) groups excluding carboxylic acids is 1. The van der Waals surface area contributed by atoms with Crippen LogP contribution >= 0.6 is 0 Å². The Morgan fingerprint density at radius 1 is 1.50 bits per heavy atom. The van der Waals surface area contributed by atoms with Crippen LogP contribution in [0.2, 0.25) is 0 Å². The Kier molecular flexibility index (Phi) is 3.87. The molecule has 1 aliphatic rings. The van der Waals surface area contributed by atoms with Gasteiger partial charge in [0.1, 0.15) is 5.75 Å². The van der Waals surface area contributed by atoms with E-state index in [1.54, 1.807) is 23.1 Å². The second-order valence-electron chi connectivity index (χ2n) is 4.95. The minimum absolute atomic E-state index is 0.0176. The maximum atomic E-state index is 12.2. The summed E-state index contributed by atoms with van der Waals surface area (Å²) in [4.78, 5) is 13.9. The van der Waals surface area contributed by atoms with Crippen LogP contribution in [0.5, 0.6) is 5.75 Å². The van der Waals surface area contributed by atoms with Crippen LogP contribution in [0.15, 0.2) is 24.3 Å². The van der Waals surface area contributed by atoms with Gasteiger partial charge < -0.3 is 15.1 Å². The van der Waals surface area contributed by atoms with Gasteiger partial charge in [0.25, 0.3) is 0 Å². The molecular formula is C14H19NO3. The van der Waals surface area contributed by atoms with Crippen LogP contribution in [0, 0.1) is 5.92 Å². The third-order valence-electron chi connectivity index (χ3n) is 3.66. The number of aliphatic hydroxyl groups is 1. The maximum absolute atomic E-state index is 12.2. The highest BCUT2D eigenvalue weighted by Crippen LogP contribution is 2.24. The van der Waals surface area contributed by atoms with Crippen molar-refractivity contribution in [2.75, 3.05) is 13.2 Å². The zero-order valence-corrected chi connectivity index (χ0v) is 10.5. The van der Waals surface area contributed by atoms with E-state index in [0.717, 1.165) is 12.0 Å². The molecule has 1 aromatic rings. The molecule has 1 amide bonds. The van der Waals surface area contributed by atoms with Crippen molar-refractivity contribution in [2.45, 2.75) is 25.8 Å². The topological polar surface area (TPSA) is 60.8 Å². The van der Waals surface area contributed by atoms with Crippen LogP contribution in [0.25, 0.3) is 0 Å². The Labute approximate surface area is 107 Å². The second-order valence-corrected chi connectivity index (χ2v) is 4.95. The Hall–Kier alpha value is -1.55. The monoisotopic (exact) mass is 249 g/mol. The highest BCUT2D eigenvalue weighted by atomic mass is 16.3. The molecule has 1 heterocycles. The molecule has 1 fully saturated rings. The zero-order valence-electron chi connectivity index (χ0n) is 10.5. The number of rotatable bonds is 3. The van der Waals surface area contributed by atoms with Crippen molar-refractivity contribution in [1.29, 1.82) is 0 Å². The molecule has 1 saturated heterocycles. The average molecular weight is 249 g/mol. The van der Waals surface area contributed by atoms with Crippen LogP contribution < -0.4 is 0 Å². The summed E-state index contributed by atoms with van der Waals surface area (Å²) in [5.41, 5.74) is 0.802. The Morgan fingerprint density at radius 3 is 2.94 bits per heavy atom. The maximum Gasteiger partial charge on any atom is 0.227 e. The first kappa shape index (κ1) is 12.9. The quantitative estimate of drug-likeness (QED) is 0.845. The van der Waals surface area contributed by atoms with E-state index in [-0.39, 0.29) is 30.7 Å². The molecular weight excluding hydrogens is 230 g/mol. The molecule has 2 atom stereocenters. The summed E-state index contributed by atoms with van der Waals surface area (Å²) in [7, 11) is 0. The van der Waals surface area contributed by atoms with Crippen molar-refractivity contribution in [3.63, 3.8) is 0 Å². The number of hydrogen-bond acceptors (Lipinski definition) is 3. The number of likely N-dealkylation sites (tertiary alicyclic amines) is 1. The predicted octanol–water partition coefficient (Wildman–Crippen LogP) is 1.16. The van der Waals surface area contributed by atoms with Crippen LogP contribution in [-0.2, 0) is 11.2 Å². The third kappa shape index (κ3) is 2.64. The van der Waals surface area contributed by atoms with Gasteiger partial charge in [-0.15, -0.1) is 0 Å². The van der Waals surface area contributed by atoms with Crippen molar-refractivity contribution in [3.8, 4) is 5.75 Å². The molecule has 4 nitrogen and oxygen atoms in total. The molecule has 0 aromatic heterocycles. The van der Waals surface area contributed by atoms with Crippen LogP contribution in [0.1, 0.15) is 18.9 Å². The lowest BCUT2D eigenvalue weighted by molar-refractivity contribution is -0.132. The van der Waals surface area contributed by atoms with Gasteiger partial charge in [0.05, 0.1) is 19.1 Å². The van der Waals surface area contributed by atoms with E-state index < -0.39 is 0 Å². The molecule has 0 radical (unpaired) electrons. The van der Waals surface area contributed by atoms with E-state index in [1.165, 1.54) is 0 Å². The zero-order chi connectivity index (χ0) is 13.1. The Morgan fingerprint density at radius 2 is 2.28 bits per heavy atom. The summed E-state index contributed by atoms with van der Waals surface area (Å²) in [6.45, 7) is 2.79. The van der Waals surface area contributed by atoms with E-state index in [4.69, 9.17) is 0 Å². The highest BCUT2D eigenvalue weighted by molar-refractivity contribution is 5.79. The smallest absolute Gasteiger partial charge is 0.227 e. The molecule has 0 bridgehead atoms. The summed E-state index contributed by atoms with van der Waals surface area (Å²) in [6.07, 6.45) is 1.22. The first-order chi connectivity index (χ1) is 8.61. The van der Waals surface area contributed by atoms with E-state index in [2.05, 4.69) is 6.92 Å². The van der Waals surface area contributed by atoms with Crippen molar-refractivity contribution < 1.29 is 15.0 Å². The standard InChI is InChI=1S/C14H19NO3/c1-10-5-6-15(13(10)9-16)14(18)8-11-3-2-4-12(17)7-11/h2-4,7,10,13,16-17H,5-6,8-9H2,1H3. The van der Waals surface area contributed by atoms with Gasteiger partial charge in [0.2, 0.25) is 5.91 Å². The number of phenolic OH excluding ortho intramolecular Hbond substituents is 1. The number of hydrogen-bond donors (Lipinski definition) is 2. The van der Waals surface area contributed by atoms with Gasteiger partial charge in [-0.3, -0.25) is 4.79 Å². The van der Waals surface area contributed by atoms with Crippen molar-refractivity contribution >= 4 is 5.91 Å². The van der Waals surface area contributed by atoms with Gasteiger partial charge in [0, 0.05) is 6.54 Å². The fraction of sp³-hybridized carbons (Fsp3) is 0.500. The summed E-state index contributed by atoms with van der Waals surface area (Å²) >= 11 is 0. The van der Waals surface area contributed by atoms with Crippen LogP contribution in [0.4, 0.5) is 0 Å². The number of benzene rings is 1. The lowest BCUT2D eigenvalue weighted by Crippen LogP contribution is -2.40. The van der Waals surface area contributed by atoms with Crippen molar-refractivity contribution in [3.05, 3.63) is 29.8 Å². The highest BCUT2D eigenvalue weighted by Gasteiger charge is 2.33. The average Bonchev–Trinajstić information content (AvgIpc) is 2.70. The van der Waals surface area contributed by atoms with Gasteiger partial charge in [-0.1, -0.05) is 19.1 Å². The van der Waals surface area contributed by atoms with E-state index in [9.17, 15) is 15.0 Å². The van der Waals surface area contributed by atoms with E-state index >= 15 is 0 Å². The molecule has 18 heavy (non-hydrogen) atoms. The number of nitrogens with zero attached hydrogens (tertiary/aromatic N) is 1. The molecule has 0 saturated carbocycles. The number of carbonyl (C=O) groups is 1. The number of aliphatic hydroxyl groups excluding tert-OH is 1. The first-order valence-electron chi connectivity index (χ1n) is 6.30. The van der Waals surface area contributed by atoms with Gasteiger partial charge >= 0.3 is 0 Å². The summed E-state index contributed by atoms with van der Waals surface area (Å²) < 4.78 is 0. The number of amides is 1. The fourth-order valence-corrected chi connectivity index (χ4v) is 2.54. The summed E-state index contributed by atoms with van der Waals surface area (Å²) in [5.74, 6) is 0.543. The lowest BCUT2D eigenvalue weighted by atomic mass is 10.0. The van der Waals surface area contributed by atoms with Gasteiger partial charge in [-0.05, 0) is 30.0 Å². The third-order valence-corrected chi connectivity index (χ3v) is 3.66. The lowest BCUT2D eigenvalue weighted by Gasteiger charge is -2.25. The van der Waals surface area contributed by atoms with Crippen LogP contribution in [0.3, 0.4) is 0 Å². The molecule has 2 unspecified atom stereocenters. The second kappa shape index (κ2) is 5.40. The van der Waals surface area contributed by atoms with Gasteiger partial charge in [-0.2, -0.15) is 0 Å². The first-order valence-corrected chi connectivity index (χ1v) is 6.30. The van der Waals surface area contributed by atoms with E-state index in [1.807, 2.05) is 6.07 Å². The number of phenols is 1. The largest absolute Gasteiger partial charge is 0.508 e. The fourth-order valence-electron chi connectivity index (χ4n) is 2.54. The molecule has 2 N–H and O–H groups in total. The predicted molar refractivity (Wildman–Crippen MR) is 68.2 cm³/mol. The van der Waals surface area contributed by atoms with Crippen LogP contribution in [-0.4, -0.2) is 40.2 Å². The van der Waals surface area contributed by atoms with E-state index in [0.29, 0.717) is 12.5 Å². The molecule has 0 aliphatic carbocycles. The molecule has 1 aliphatic heterocycles. The molecule has 2 rings (SSSR count). The minimum Gasteiger partial charge on any atom is -0.508 e. The van der Waals surface area contributed by atoms with Gasteiger partial charge in [0.15, 0.2) is 0 Å². The Bertz CT molecular complexity index is 433. The normalized spacial score (nSPS) is 23.3. The number of aromatic hydroxyl groups is 1. The summed E-state index contributed by atoms with van der Waals surface area (Å²) in [6, 6.07) is 6.68. The minimum atomic E-state index is -0.0604. The van der Waals surface area contributed by atoms with Crippen molar-refractivity contribution in [1.82, 2.24) is 4.90 Å². The SMILES string of the molecule is CC1CCN(C(=O)Cc2cccc(O)c2)C1CO. The molecule has 1 aromatic carbocycles. The van der Waals surface area contributed by atoms with Crippen molar-refractivity contribution in [2.24, 2.45) is 5.92 Å². The molecule has 0 spiro atoms. The molecule has 4 heteroatoms. The molecule has 98 valence electrons. The summed E-state index contributed by atoms with van der Waals surface area (Å²) in [5, 5.41) is 18.7. The Balaban J connectivity index is 2.04.